The van der Waals surface area contributed by atoms with Crippen molar-refractivity contribution in [3.63, 3.8) is 0 Å². The molecule has 0 aliphatic rings. The summed E-state index contributed by atoms with van der Waals surface area (Å²) in [6, 6.07) is 16.4. The van der Waals surface area contributed by atoms with Crippen LogP contribution in [-0.4, -0.2) is 6.01 Å². The van der Waals surface area contributed by atoms with Crippen LogP contribution in [0.4, 0.5) is 11.4 Å². The van der Waals surface area contributed by atoms with Gasteiger partial charge in [-0.15, -0.1) is 0 Å². The normalized spacial score (nSPS) is 15.0. The molecule has 2 rings (SSSR count). The largest absolute Gasteiger partial charge is 0.187 e. The number of nitrogens with zero attached hydrogens (tertiary/aromatic N) is 2. The van der Waals surface area contributed by atoms with Crippen molar-refractivity contribution < 1.29 is 0 Å². The molecule has 0 heterocycles. The van der Waals surface area contributed by atoms with E-state index in [0.29, 0.717) is 23.7 Å². The standard InChI is InChI=1S/C29H42N2/c1-9-20(5)24-13-15-28(26(17-24)22(7)11-3)30-19-31-29-16-14-25(21(6)10-2)18-27(29)23(8)12-4/h13-18,20-23H,9-12H2,1-8H3. The molecule has 0 amide bonds. The van der Waals surface area contributed by atoms with Crippen LogP contribution >= 0.6 is 0 Å². The molecule has 4 unspecified atom stereocenters. The van der Waals surface area contributed by atoms with E-state index in [4.69, 9.17) is 0 Å². The van der Waals surface area contributed by atoms with E-state index in [1.165, 1.54) is 22.3 Å². The second kappa shape index (κ2) is 12.0. The lowest BCUT2D eigenvalue weighted by atomic mass is 9.90. The molecule has 168 valence electrons. The van der Waals surface area contributed by atoms with Gasteiger partial charge in [0.1, 0.15) is 6.01 Å². The maximum atomic E-state index is 4.68. The summed E-state index contributed by atoms with van der Waals surface area (Å²) in [6.07, 6.45) is 4.49. The SMILES string of the molecule is CCC(C)c1ccc(N=C=Nc2ccc(C(C)CC)cc2C(C)CC)c(C(C)CC)c1. The number of aliphatic imine (C=N–C) groups is 2. The summed E-state index contributed by atoms with van der Waals surface area (Å²) in [5.74, 6) is 2.07. The van der Waals surface area contributed by atoms with E-state index in [-0.39, 0.29) is 0 Å². The van der Waals surface area contributed by atoms with Gasteiger partial charge < -0.3 is 0 Å². The zero-order valence-corrected chi connectivity index (χ0v) is 21.0. The molecule has 2 heteroatoms. The van der Waals surface area contributed by atoms with E-state index in [9.17, 15) is 0 Å². The Hall–Kier alpha value is -2.18. The fraction of sp³-hybridized carbons (Fsp3) is 0.552. The van der Waals surface area contributed by atoms with Crippen molar-refractivity contribution in [3.8, 4) is 0 Å². The first kappa shape index (κ1) is 25.1. The summed E-state index contributed by atoms with van der Waals surface area (Å²) in [7, 11) is 0. The highest BCUT2D eigenvalue weighted by atomic mass is 14.8. The molecule has 0 bridgehead atoms. The monoisotopic (exact) mass is 418 g/mol. The number of benzene rings is 2. The Morgan fingerprint density at radius 3 is 1.26 bits per heavy atom. The molecular weight excluding hydrogens is 376 g/mol. The smallest absolute Gasteiger partial charge is 0.100 e. The highest BCUT2D eigenvalue weighted by Gasteiger charge is 2.14. The van der Waals surface area contributed by atoms with Gasteiger partial charge in [0.05, 0.1) is 11.4 Å². The van der Waals surface area contributed by atoms with Crippen molar-refractivity contribution in [1.29, 1.82) is 0 Å². The Kier molecular flexibility index (Phi) is 9.72. The van der Waals surface area contributed by atoms with E-state index in [1.807, 2.05) is 0 Å². The summed E-state index contributed by atoms with van der Waals surface area (Å²) in [5.41, 5.74) is 7.38. The minimum atomic E-state index is 0.468. The Balaban J connectivity index is 2.46. The Morgan fingerprint density at radius 1 is 0.581 bits per heavy atom. The van der Waals surface area contributed by atoms with E-state index >= 15 is 0 Å². The van der Waals surface area contributed by atoms with Gasteiger partial charge in [-0.05, 0) is 83.7 Å². The number of hydrogen-bond acceptors (Lipinski definition) is 2. The third-order valence-corrected chi connectivity index (χ3v) is 7.09. The van der Waals surface area contributed by atoms with Crippen LogP contribution in [0.2, 0.25) is 0 Å². The van der Waals surface area contributed by atoms with Crippen LogP contribution in [0.3, 0.4) is 0 Å². The zero-order valence-electron chi connectivity index (χ0n) is 21.0. The van der Waals surface area contributed by atoms with Crippen LogP contribution in [0.15, 0.2) is 46.4 Å². The molecule has 2 nitrogen and oxygen atoms in total. The lowest BCUT2D eigenvalue weighted by Crippen LogP contribution is -1.97. The number of hydrogen-bond donors (Lipinski definition) is 0. The predicted octanol–water partition coefficient (Wildman–Crippen LogP) is 9.88. The lowest BCUT2D eigenvalue weighted by Gasteiger charge is -2.17. The van der Waals surface area contributed by atoms with Crippen LogP contribution in [0.25, 0.3) is 0 Å². The maximum absolute atomic E-state index is 4.68. The fourth-order valence-corrected chi connectivity index (χ4v) is 3.80. The van der Waals surface area contributed by atoms with Gasteiger partial charge in [-0.25, -0.2) is 0 Å². The van der Waals surface area contributed by atoms with Crippen LogP contribution in [-0.2, 0) is 0 Å². The quantitative estimate of drug-likeness (QED) is 0.343. The van der Waals surface area contributed by atoms with Crippen LogP contribution in [0, 0.1) is 0 Å². The molecule has 0 radical (unpaired) electrons. The molecule has 2 aromatic rings. The fourth-order valence-electron chi connectivity index (χ4n) is 3.80. The molecule has 2 aromatic carbocycles. The molecule has 0 saturated carbocycles. The molecular formula is C29H42N2. The second-order valence-corrected chi connectivity index (χ2v) is 9.20. The van der Waals surface area contributed by atoms with Gasteiger partial charge in [0.2, 0.25) is 0 Å². The molecule has 0 aliphatic carbocycles. The van der Waals surface area contributed by atoms with E-state index in [1.54, 1.807) is 0 Å². The van der Waals surface area contributed by atoms with Crippen molar-refractivity contribution in [3.05, 3.63) is 58.7 Å². The molecule has 0 fully saturated rings. The van der Waals surface area contributed by atoms with Gasteiger partial charge in [-0.3, -0.25) is 0 Å². The van der Waals surface area contributed by atoms with Gasteiger partial charge in [0.25, 0.3) is 0 Å². The van der Waals surface area contributed by atoms with Crippen molar-refractivity contribution in [2.24, 2.45) is 9.98 Å². The van der Waals surface area contributed by atoms with Crippen LogP contribution in [0.5, 0.6) is 0 Å². The van der Waals surface area contributed by atoms with E-state index in [2.05, 4.69) is 108 Å². The molecule has 0 aliphatic heterocycles. The minimum Gasteiger partial charge on any atom is -0.187 e. The average molecular weight is 419 g/mol. The summed E-state index contributed by atoms with van der Waals surface area (Å²) in [6.45, 7) is 18.1. The molecule has 31 heavy (non-hydrogen) atoms. The first-order valence-corrected chi connectivity index (χ1v) is 12.3. The van der Waals surface area contributed by atoms with E-state index < -0.39 is 0 Å². The van der Waals surface area contributed by atoms with Gasteiger partial charge >= 0.3 is 0 Å². The number of rotatable bonds is 10. The molecule has 0 N–H and O–H groups in total. The predicted molar refractivity (Wildman–Crippen MR) is 137 cm³/mol. The summed E-state index contributed by atoms with van der Waals surface area (Å²) in [4.78, 5) is 9.36. The highest BCUT2D eigenvalue weighted by Crippen LogP contribution is 2.34. The molecule has 4 atom stereocenters. The molecule has 0 spiro atoms. The zero-order chi connectivity index (χ0) is 23.0. The lowest BCUT2D eigenvalue weighted by molar-refractivity contribution is 0.711. The average Bonchev–Trinajstić information content (AvgIpc) is 2.82. The third kappa shape index (κ3) is 6.40. The van der Waals surface area contributed by atoms with Crippen LogP contribution < -0.4 is 0 Å². The van der Waals surface area contributed by atoms with Crippen LogP contribution in [0.1, 0.15) is 127 Å². The summed E-state index contributed by atoms with van der Waals surface area (Å²) < 4.78 is 0. The topological polar surface area (TPSA) is 24.7 Å². The second-order valence-electron chi connectivity index (χ2n) is 9.20. The van der Waals surface area contributed by atoms with Gasteiger partial charge in [0, 0.05) is 0 Å². The summed E-state index contributed by atoms with van der Waals surface area (Å²) >= 11 is 0. The van der Waals surface area contributed by atoms with Crippen molar-refractivity contribution in [2.75, 3.05) is 0 Å². The first-order valence-electron chi connectivity index (χ1n) is 12.3. The van der Waals surface area contributed by atoms with Crippen molar-refractivity contribution >= 4 is 17.4 Å². The van der Waals surface area contributed by atoms with Crippen molar-refractivity contribution in [1.82, 2.24) is 0 Å². The first-order chi connectivity index (χ1) is 14.9. The minimum absolute atomic E-state index is 0.468. The highest BCUT2D eigenvalue weighted by molar-refractivity contribution is 5.63. The molecule has 0 saturated heterocycles. The van der Waals surface area contributed by atoms with Crippen molar-refractivity contribution in [2.45, 2.75) is 105 Å². The van der Waals surface area contributed by atoms with E-state index in [0.717, 1.165) is 37.1 Å². The van der Waals surface area contributed by atoms with Gasteiger partial charge in [0.15, 0.2) is 0 Å². The Labute approximate surface area is 190 Å². The third-order valence-electron chi connectivity index (χ3n) is 7.09. The molecule has 0 aromatic heterocycles. The summed E-state index contributed by atoms with van der Waals surface area (Å²) in [5, 5.41) is 0. The maximum Gasteiger partial charge on any atom is 0.100 e. The Morgan fingerprint density at radius 2 is 0.935 bits per heavy atom. The van der Waals surface area contributed by atoms with Gasteiger partial charge in [-0.1, -0.05) is 79.7 Å². The van der Waals surface area contributed by atoms with Gasteiger partial charge in [-0.2, -0.15) is 9.98 Å². The Bertz CT molecular complexity index is 833.